The fraction of sp³-hybridized carbons (Fsp3) is 0.273. The molecule has 6 heteroatoms. The van der Waals surface area contributed by atoms with Crippen LogP contribution in [0.1, 0.15) is 16.8 Å². The standard InChI is InChI=1S/C11H14FN3O2/c1-15(6-5-10(13)14-17)11(16)8-3-2-4-9(12)7-8/h2-4,7,17H,5-6H2,1H3,(H2,13,14). The molecule has 0 heterocycles. The number of amides is 1. The van der Waals surface area contributed by atoms with Gasteiger partial charge in [0.05, 0.1) is 0 Å². The number of benzene rings is 1. The van der Waals surface area contributed by atoms with Crippen LogP contribution in [-0.2, 0) is 0 Å². The van der Waals surface area contributed by atoms with E-state index in [0.717, 1.165) is 0 Å². The molecule has 0 radical (unpaired) electrons. The zero-order chi connectivity index (χ0) is 12.8. The highest BCUT2D eigenvalue weighted by molar-refractivity contribution is 5.94. The first-order valence-corrected chi connectivity index (χ1v) is 5.02. The van der Waals surface area contributed by atoms with Gasteiger partial charge in [-0.3, -0.25) is 4.79 Å². The van der Waals surface area contributed by atoms with Crippen molar-refractivity contribution in [3.05, 3.63) is 35.6 Å². The summed E-state index contributed by atoms with van der Waals surface area (Å²) in [6, 6.07) is 5.45. The summed E-state index contributed by atoms with van der Waals surface area (Å²) in [5, 5.41) is 11.2. The monoisotopic (exact) mass is 239 g/mol. The van der Waals surface area contributed by atoms with Gasteiger partial charge in [-0.2, -0.15) is 0 Å². The van der Waals surface area contributed by atoms with Crippen molar-refractivity contribution >= 4 is 11.7 Å². The lowest BCUT2D eigenvalue weighted by Gasteiger charge is -2.16. The number of oxime groups is 1. The number of nitrogens with two attached hydrogens (primary N) is 1. The van der Waals surface area contributed by atoms with Crippen molar-refractivity contribution in [1.82, 2.24) is 4.90 Å². The Kier molecular flexibility index (Phi) is 4.45. The molecular weight excluding hydrogens is 225 g/mol. The van der Waals surface area contributed by atoms with Gasteiger partial charge in [-0.05, 0) is 18.2 Å². The van der Waals surface area contributed by atoms with Gasteiger partial charge < -0.3 is 15.8 Å². The second-order valence-corrected chi connectivity index (χ2v) is 3.58. The van der Waals surface area contributed by atoms with Gasteiger partial charge in [-0.15, -0.1) is 0 Å². The second-order valence-electron chi connectivity index (χ2n) is 3.58. The molecule has 0 bridgehead atoms. The molecule has 0 spiro atoms. The number of hydrogen-bond donors (Lipinski definition) is 2. The molecule has 0 aliphatic rings. The first-order chi connectivity index (χ1) is 8.04. The van der Waals surface area contributed by atoms with Crippen molar-refractivity contribution in [1.29, 1.82) is 0 Å². The Labute approximate surface area is 98.3 Å². The van der Waals surface area contributed by atoms with Crippen molar-refractivity contribution in [2.24, 2.45) is 10.9 Å². The van der Waals surface area contributed by atoms with Crippen molar-refractivity contribution in [3.63, 3.8) is 0 Å². The quantitative estimate of drug-likeness (QED) is 0.356. The number of halogens is 1. The maximum atomic E-state index is 12.9. The van der Waals surface area contributed by atoms with Crippen LogP contribution in [0.15, 0.2) is 29.4 Å². The van der Waals surface area contributed by atoms with Crippen LogP contribution in [0.5, 0.6) is 0 Å². The van der Waals surface area contributed by atoms with E-state index in [2.05, 4.69) is 5.16 Å². The number of carbonyl (C=O) groups excluding carboxylic acids is 1. The number of carbonyl (C=O) groups is 1. The largest absolute Gasteiger partial charge is 0.409 e. The van der Waals surface area contributed by atoms with Gasteiger partial charge in [0.25, 0.3) is 5.91 Å². The normalized spacial score (nSPS) is 11.3. The van der Waals surface area contributed by atoms with E-state index in [1.54, 1.807) is 7.05 Å². The predicted octanol–water partition coefficient (Wildman–Crippen LogP) is 1.03. The summed E-state index contributed by atoms with van der Waals surface area (Å²) in [6.07, 6.45) is 0.258. The maximum Gasteiger partial charge on any atom is 0.253 e. The SMILES string of the molecule is CN(CCC(N)=NO)C(=O)c1cccc(F)c1. The molecule has 0 unspecified atom stereocenters. The molecule has 0 saturated heterocycles. The van der Waals surface area contributed by atoms with Crippen LogP contribution in [-0.4, -0.2) is 35.4 Å². The smallest absolute Gasteiger partial charge is 0.253 e. The Morgan fingerprint density at radius 2 is 2.29 bits per heavy atom. The summed E-state index contributed by atoms with van der Waals surface area (Å²) in [4.78, 5) is 13.2. The molecule has 1 aromatic carbocycles. The van der Waals surface area contributed by atoms with Crippen LogP contribution in [0, 0.1) is 5.82 Å². The third-order valence-electron chi connectivity index (χ3n) is 2.25. The minimum atomic E-state index is -0.458. The lowest BCUT2D eigenvalue weighted by atomic mass is 10.2. The van der Waals surface area contributed by atoms with E-state index < -0.39 is 5.82 Å². The topological polar surface area (TPSA) is 78.9 Å². The minimum Gasteiger partial charge on any atom is -0.409 e. The summed E-state index contributed by atoms with van der Waals surface area (Å²) < 4.78 is 12.9. The Morgan fingerprint density at radius 1 is 1.59 bits per heavy atom. The molecule has 0 atom stereocenters. The van der Waals surface area contributed by atoms with E-state index in [1.165, 1.54) is 29.2 Å². The van der Waals surface area contributed by atoms with Crippen LogP contribution in [0.2, 0.25) is 0 Å². The highest BCUT2D eigenvalue weighted by Gasteiger charge is 2.12. The van der Waals surface area contributed by atoms with E-state index >= 15 is 0 Å². The molecule has 1 aromatic rings. The van der Waals surface area contributed by atoms with Gasteiger partial charge in [0.2, 0.25) is 0 Å². The van der Waals surface area contributed by atoms with Crippen LogP contribution in [0.3, 0.4) is 0 Å². The van der Waals surface area contributed by atoms with E-state index in [9.17, 15) is 9.18 Å². The summed E-state index contributed by atoms with van der Waals surface area (Å²) in [5.74, 6) is -0.722. The summed E-state index contributed by atoms with van der Waals surface area (Å²) in [7, 11) is 1.57. The van der Waals surface area contributed by atoms with Gasteiger partial charge in [-0.1, -0.05) is 11.2 Å². The summed E-state index contributed by atoms with van der Waals surface area (Å²) >= 11 is 0. The fourth-order valence-corrected chi connectivity index (χ4v) is 1.28. The van der Waals surface area contributed by atoms with Crippen LogP contribution >= 0.6 is 0 Å². The molecule has 0 saturated carbocycles. The minimum absolute atomic E-state index is 0.0453. The van der Waals surface area contributed by atoms with Crippen LogP contribution in [0.4, 0.5) is 4.39 Å². The van der Waals surface area contributed by atoms with Gasteiger partial charge >= 0.3 is 0 Å². The fourth-order valence-electron chi connectivity index (χ4n) is 1.28. The molecule has 1 amide bonds. The third-order valence-corrected chi connectivity index (χ3v) is 2.25. The molecule has 92 valence electrons. The molecule has 5 nitrogen and oxygen atoms in total. The molecular formula is C11H14FN3O2. The van der Waals surface area contributed by atoms with E-state index in [1.807, 2.05) is 0 Å². The molecule has 0 aliphatic heterocycles. The average Bonchev–Trinajstić information content (AvgIpc) is 2.34. The van der Waals surface area contributed by atoms with Crippen molar-refractivity contribution in [2.75, 3.05) is 13.6 Å². The van der Waals surface area contributed by atoms with Crippen molar-refractivity contribution in [3.8, 4) is 0 Å². The molecule has 0 aromatic heterocycles. The molecule has 17 heavy (non-hydrogen) atoms. The lowest BCUT2D eigenvalue weighted by molar-refractivity contribution is 0.0798. The highest BCUT2D eigenvalue weighted by Crippen LogP contribution is 2.06. The second kappa shape index (κ2) is 5.83. The summed E-state index contributed by atoms with van der Waals surface area (Å²) in [6.45, 7) is 0.297. The van der Waals surface area contributed by atoms with Gasteiger partial charge in [0.15, 0.2) is 0 Å². The Balaban J connectivity index is 2.64. The number of amidine groups is 1. The lowest BCUT2D eigenvalue weighted by Crippen LogP contribution is -2.30. The highest BCUT2D eigenvalue weighted by atomic mass is 19.1. The molecule has 0 aliphatic carbocycles. The van der Waals surface area contributed by atoms with Crippen LogP contribution < -0.4 is 5.73 Å². The van der Waals surface area contributed by atoms with Crippen molar-refractivity contribution in [2.45, 2.75) is 6.42 Å². The number of nitrogens with zero attached hydrogens (tertiary/aromatic N) is 2. The van der Waals surface area contributed by atoms with Crippen molar-refractivity contribution < 1.29 is 14.4 Å². The van der Waals surface area contributed by atoms with E-state index in [0.29, 0.717) is 6.54 Å². The Bertz CT molecular complexity index is 434. The van der Waals surface area contributed by atoms with Gasteiger partial charge in [-0.25, -0.2) is 4.39 Å². The first-order valence-electron chi connectivity index (χ1n) is 5.02. The average molecular weight is 239 g/mol. The Hall–Kier alpha value is -2.11. The van der Waals surface area contributed by atoms with E-state index in [4.69, 9.17) is 10.9 Å². The number of rotatable bonds is 4. The van der Waals surface area contributed by atoms with Gasteiger partial charge in [0, 0.05) is 25.6 Å². The van der Waals surface area contributed by atoms with Crippen LogP contribution in [0.25, 0.3) is 0 Å². The predicted molar refractivity (Wildman–Crippen MR) is 61.4 cm³/mol. The molecule has 0 fully saturated rings. The third kappa shape index (κ3) is 3.75. The zero-order valence-electron chi connectivity index (χ0n) is 9.43. The Morgan fingerprint density at radius 3 is 2.88 bits per heavy atom. The first kappa shape index (κ1) is 13.0. The summed E-state index contributed by atoms with van der Waals surface area (Å²) in [5.41, 5.74) is 5.56. The zero-order valence-corrected chi connectivity index (χ0v) is 9.43. The van der Waals surface area contributed by atoms with E-state index in [-0.39, 0.29) is 23.7 Å². The maximum absolute atomic E-state index is 12.9. The molecule has 3 N–H and O–H groups in total. The molecule has 1 rings (SSSR count). The van der Waals surface area contributed by atoms with Gasteiger partial charge in [0.1, 0.15) is 11.7 Å². The number of hydrogen-bond acceptors (Lipinski definition) is 3.